The van der Waals surface area contributed by atoms with Crippen LogP contribution in [-0.2, 0) is 0 Å². The van der Waals surface area contributed by atoms with E-state index in [2.05, 4.69) is 10.5 Å². The second-order valence-corrected chi connectivity index (χ2v) is 6.18. The summed E-state index contributed by atoms with van der Waals surface area (Å²) in [6, 6.07) is 3.66. The van der Waals surface area contributed by atoms with Crippen molar-refractivity contribution < 1.29 is 14.4 Å². The van der Waals surface area contributed by atoms with E-state index in [1.54, 1.807) is 0 Å². The fourth-order valence-corrected chi connectivity index (χ4v) is 2.91. The van der Waals surface area contributed by atoms with E-state index in [1.165, 1.54) is 0 Å². The summed E-state index contributed by atoms with van der Waals surface area (Å²) in [7, 11) is 0. The summed E-state index contributed by atoms with van der Waals surface area (Å²) in [5, 5.41) is 16.9. The standard InChI is InChI=1S/C16H21N3O3/c1-10-7-13(15(20)17-9-16(21)5-4-6-16)12(3)19(10)14-8-11(2)22-18-14/h7-8,21H,4-6,9H2,1-3H3,(H,17,20). The molecule has 2 heterocycles. The number of amides is 1. The average molecular weight is 303 g/mol. The number of aromatic nitrogens is 2. The first kappa shape index (κ1) is 14.8. The zero-order valence-corrected chi connectivity index (χ0v) is 13.1. The average Bonchev–Trinajstić information content (AvgIpc) is 2.97. The number of hydrogen-bond donors (Lipinski definition) is 2. The molecule has 0 radical (unpaired) electrons. The summed E-state index contributed by atoms with van der Waals surface area (Å²) in [6.45, 7) is 5.94. The molecule has 1 fully saturated rings. The summed E-state index contributed by atoms with van der Waals surface area (Å²) >= 11 is 0. The molecule has 1 aliphatic rings. The molecule has 6 heteroatoms. The first-order valence-corrected chi connectivity index (χ1v) is 7.53. The molecule has 118 valence electrons. The Kier molecular flexibility index (Phi) is 3.56. The maximum absolute atomic E-state index is 12.4. The zero-order chi connectivity index (χ0) is 15.9. The Hall–Kier alpha value is -2.08. The molecular formula is C16H21N3O3. The Morgan fingerprint density at radius 3 is 2.68 bits per heavy atom. The molecule has 2 aromatic heterocycles. The van der Waals surface area contributed by atoms with Crippen LogP contribution in [0.25, 0.3) is 5.82 Å². The third-order valence-corrected chi connectivity index (χ3v) is 4.38. The third-order valence-electron chi connectivity index (χ3n) is 4.38. The van der Waals surface area contributed by atoms with E-state index in [0.29, 0.717) is 17.9 Å². The van der Waals surface area contributed by atoms with Crippen molar-refractivity contribution in [3.05, 3.63) is 34.8 Å². The van der Waals surface area contributed by atoms with Gasteiger partial charge in [0.05, 0.1) is 11.2 Å². The van der Waals surface area contributed by atoms with E-state index in [4.69, 9.17) is 4.52 Å². The SMILES string of the molecule is Cc1cc(-n2c(C)cc(C(=O)NCC3(O)CCC3)c2C)no1. The van der Waals surface area contributed by atoms with Gasteiger partial charge in [-0.1, -0.05) is 5.16 Å². The Labute approximate surface area is 129 Å². The van der Waals surface area contributed by atoms with Crippen LogP contribution in [-0.4, -0.2) is 32.9 Å². The summed E-state index contributed by atoms with van der Waals surface area (Å²) < 4.78 is 7.00. The van der Waals surface area contributed by atoms with Gasteiger partial charge >= 0.3 is 0 Å². The largest absolute Gasteiger partial charge is 0.388 e. The lowest BCUT2D eigenvalue weighted by molar-refractivity contribution is -0.0300. The van der Waals surface area contributed by atoms with Crippen molar-refractivity contribution in [2.45, 2.75) is 45.6 Å². The van der Waals surface area contributed by atoms with Gasteiger partial charge in [0, 0.05) is 24.0 Å². The highest BCUT2D eigenvalue weighted by atomic mass is 16.5. The Morgan fingerprint density at radius 1 is 1.41 bits per heavy atom. The molecule has 0 bridgehead atoms. The molecule has 1 saturated carbocycles. The van der Waals surface area contributed by atoms with Crippen molar-refractivity contribution in [3.63, 3.8) is 0 Å². The highest BCUT2D eigenvalue weighted by Crippen LogP contribution is 2.30. The van der Waals surface area contributed by atoms with Crippen LogP contribution in [0.2, 0.25) is 0 Å². The lowest BCUT2D eigenvalue weighted by Crippen LogP contribution is -2.47. The number of hydrogen-bond acceptors (Lipinski definition) is 4. The number of rotatable bonds is 4. The van der Waals surface area contributed by atoms with Gasteiger partial charge in [-0.05, 0) is 46.1 Å². The summed E-state index contributed by atoms with van der Waals surface area (Å²) in [6.07, 6.45) is 2.53. The topological polar surface area (TPSA) is 80.3 Å². The van der Waals surface area contributed by atoms with E-state index >= 15 is 0 Å². The van der Waals surface area contributed by atoms with Gasteiger partial charge in [-0.2, -0.15) is 0 Å². The fraction of sp³-hybridized carbons (Fsp3) is 0.500. The van der Waals surface area contributed by atoms with E-state index in [-0.39, 0.29) is 5.91 Å². The summed E-state index contributed by atoms with van der Waals surface area (Å²) in [5.41, 5.74) is 1.60. The predicted molar refractivity (Wildman–Crippen MR) is 81.2 cm³/mol. The maximum atomic E-state index is 12.4. The van der Waals surface area contributed by atoms with Crippen LogP contribution in [0.1, 0.15) is 46.8 Å². The minimum absolute atomic E-state index is 0.167. The Balaban J connectivity index is 1.81. The van der Waals surface area contributed by atoms with Crippen LogP contribution in [0.15, 0.2) is 16.7 Å². The second-order valence-electron chi connectivity index (χ2n) is 6.18. The molecule has 22 heavy (non-hydrogen) atoms. The van der Waals surface area contributed by atoms with Gasteiger partial charge in [-0.15, -0.1) is 0 Å². The summed E-state index contributed by atoms with van der Waals surface area (Å²) in [4.78, 5) is 12.4. The molecular weight excluding hydrogens is 282 g/mol. The molecule has 0 aromatic carbocycles. The van der Waals surface area contributed by atoms with Gasteiger partial charge in [0.1, 0.15) is 5.76 Å². The monoisotopic (exact) mass is 303 g/mol. The molecule has 2 aromatic rings. The molecule has 0 saturated heterocycles. The molecule has 6 nitrogen and oxygen atoms in total. The van der Waals surface area contributed by atoms with Crippen molar-refractivity contribution in [2.75, 3.05) is 6.54 Å². The zero-order valence-electron chi connectivity index (χ0n) is 13.1. The van der Waals surface area contributed by atoms with Crippen molar-refractivity contribution in [3.8, 4) is 5.82 Å². The Morgan fingerprint density at radius 2 is 2.14 bits per heavy atom. The molecule has 0 atom stereocenters. The first-order valence-electron chi connectivity index (χ1n) is 7.53. The maximum Gasteiger partial charge on any atom is 0.253 e. The van der Waals surface area contributed by atoms with Crippen molar-refractivity contribution >= 4 is 5.91 Å². The number of aryl methyl sites for hydroxylation is 2. The Bertz CT molecular complexity index is 710. The molecule has 1 amide bonds. The third kappa shape index (κ3) is 2.54. The fourth-order valence-electron chi connectivity index (χ4n) is 2.91. The normalized spacial score (nSPS) is 16.4. The number of nitrogens with zero attached hydrogens (tertiary/aromatic N) is 2. The van der Waals surface area contributed by atoms with Crippen LogP contribution in [0, 0.1) is 20.8 Å². The first-order chi connectivity index (χ1) is 10.4. The van der Waals surface area contributed by atoms with Crippen LogP contribution in [0.4, 0.5) is 0 Å². The second kappa shape index (κ2) is 5.28. The van der Waals surface area contributed by atoms with E-state index in [0.717, 1.165) is 36.4 Å². The highest BCUT2D eigenvalue weighted by Gasteiger charge is 2.34. The molecule has 3 rings (SSSR count). The number of nitrogens with one attached hydrogen (secondary N) is 1. The van der Waals surface area contributed by atoms with Crippen LogP contribution in [0.5, 0.6) is 0 Å². The van der Waals surface area contributed by atoms with Gasteiger partial charge in [0.25, 0.3) is 5.91 Å². The van der Waals surface area contributed by atoms with Gasteiger partial charge in [-0.25, -0.2) is 0 Å². The molecule has 2 N–H and O–H groups in total. The van der Waals surface area contributed by atoms with Crippen LogP contribution >= 0.6 is 0 Å². The highest BCUT2D eigenvalue weighted by molar-refractivity contribution is 5.95. The van der Waals surface area contributed by atoms with E-state index in [1.807, 2.05) is 37.5 Å². The smallest absolute Gasteiger partial charge is 0.253 e. The van der Waals surface area contributed by atoms with Crippen molar-refractivity contribution in [1.82, 2.24) is 15.0 Å². The number of carbonyl (C=O) groups excluding carboxylic acids is 1. The predicted octanol–water partition coefficient (Wildman–Crippen LogP) is 2.04. The molecule has 0 unspecified atom stereocenters. The van der Waals surface area contributed by atoms with Crippen LogP contribution in [0.3, 0.4) is 0 Å². The lowest BCUT2D eigenvalue weighted by Gasteiger charge is -2.36. The minimum atomic E-state index is -0.718. The van der Waals surface area contributed by atoms with Gasteiger partial charge in [0.15, 0.2) is 5.82 Å². The molecule has 0 spiro atoms. The van der Waals surface area contributed by atoms with E-state index < -0.39 is 5.60 Å². The molecule has 1 aliphatic carbocycles. The minimum Gasteiger partial charge on any atom is -0.388 e. The quantitative estimate of drug-likeness (QED) is 0.905. The van der Waals surface area contributed by atoms with Crippen LogP contribution < -0.4 is 5.32 Å². The number of aliphatic hydroxyl groups is 1. The summed E-state index contributed by atoms with van der Waals surface area (Å²) in [5.74, 6) is 1.23. The van der Waals surface area contributed by atoms with Crippen molar-refractivity contribution in [1.29, 1.82) is 0 Å². The van der Waals surface area contributed by atoms with Gasteiger partial charge < -0.3 is 14.9 Å². The lowest BCUT2D eigenvalue weighted by atomic mass is 9.80. The van der Waals surface area contributed by atoms with Gasteiger partial charge in [-0.3, -0.25) is 9.36 Å². The number of carbonyl (C=O) groups is 1. The molecule has 0 aliphatic heterocycles. The van der Waals surface area contributed by atoms with E-state index in [9.17, 15) is 9.90 Å². The van der Waals surface area contributed by atoms with Crippen molar-refractivity contribution in [2.24, 2.45) is 0 Å². The van der Waals surface area contributed by atoms with Gasteiger partial charge in [0.2, 0.25) is 0 Å².